The first-order chi connectivity index (χ1) is 16.1. The average molecular weight is 434 g/mol. The molecular weight excluding hydrogens is 416 g/mol. The van der Waals surface area contributed by atoms with Crippen molar-refractivity contribution in [1.29, 1.82) is 0 Å². The van der Waals surface area contributed by atoms with Crippen LogP contribution in [0, 0.1) is 0 Å². The standard InChI is InChI=1S/C26H18N4O3/c31-25-21-11-10-19(29-21)13-18-7-6-16(27-18)12-17-8-9-20(28-17)14-22-23(15-4-2-1-3-5-15)26(32)24(25)30(22)33/h1-14,27,31-33H. The lowest BCUT2D eigenvalue weighted by molar-refractivity contribution is 0.209. The first-order valence-corrected chi connectivity index (χ1v) is 10.4. The van der Waals surface area contributed by atoms with Crippen molar-refractivity contribution in [3.63, 3.8) is 0 Å². The van der Waals surface area contributed by atoms with E-state index in [1.54, 1.807) is 18.2 Å². The summed E-state index contributed by atoms with van der Waals surface area (Å²) in [5, 5.41) is 33.2. The van der Waals surface area contributed by atoms with Gasteiger partial charge in [0.05, 0.1) is 28.2 Å². The Morgan fingerprint density at radius 1 is 0.697 bits per heavy atom. The maximum Gasteiger partial charge on any atom is 0.172 e. The van der Waals surface area contributed by atoms with E-state index in [1.165, 1.54) is 0 Å². The predicted molar refractivity (Wildman–Crippen MR) is 128 cm³/mol. The summed E-state index contributed by atoms with van der Waals surface area (Å²) >= 11 is 0. The topological polar surface area (TPSA) is 107 Å². The zero-order valence-electron chi connectivity index (χ0n) is 17.3. The van der Waals surface area contributed by atoms with Crippen LogP contribution in [0.5, 0.6) is 11.5 Å². The monoisotopic (exact) mass is 434 g/mol. The molecule has 3 aromatic heterocycles. The highest BCUT2D eigenvalue weighted by Gasteiger charge is 2.22. The van der Waals surface area contributed by atoms with Gasteiger partial charge >= 0.3 is 0 Å². The molecule has 4 aromatic rings. The van der Waals surface area contributed by atoms with Crippen molar-refractivity contribution in [2.45, 2.75) is 0 Å². The number of nitrogens with zero attached hydrogens (tertiary/aromatic N) is 3. The molecule has 2 aliphatic rings. The lowest BCUT2D eigenvalue weighted by Crippen LogP contribution is -1.90. The van der Waals surface area contributed by atoms with E-state index in [2.05, 4.69) is 15.0 Å². The fraction of sp³-hybridized carbons (Fsp3) is 0. The smallest absolute Gasteiger partial charge is 0.172 e. The highest BCUT2D eigenvalue weighted by Crippen LogP contribution is 2.43. The van der Waals surface area contributed by atoms with Gasteiger partial charge in [-0.3, -0.25) is 0 Å². The summed E-state index contributed by atoms with van der Waals surface area (Å²) in [5.41, 5.74) is 5.13. The van der Waals surface area contributed by atoms with Gasteiger partial charge in [-0.25, -0.2) is 9.97 Å². The molecule has 0 radical (unpaired) electrons. The van der Waals surface area contributed by atoms with Crippen molar-refractivity contribution < 1.29 is 15.4 Å². The largest absolute Gasteiger partial charge is 0.505 e. The van der Waals surface area contributed by atoms with Crippen molar-refractivity contribution >= 4 is 46.4 Å². The number of rotatable bonds is 1. The Bertz CT molecular complexity index is 1640. The molecule has 0 aliphatic carbocycles. The quantitative estimate of drug-likeness (QED) is 0.258. The van der Waals surface area contributed by atoms with Crippen molar-refractivity contribution in [2.24, 2.45) is 0 Å². The van der Waals surface area contributed by atoms with Crippen LogP contribution in [0.3, 0.4) is 0 Å². The number of aromatic nitrogens is 4. The van der Waals surface area contributed by atoms with Gasteiger partial charge in [-0.1, -0.05) is 30.3 Å². The van der Waals surface area contributed by atoms with Crippen molar-refractivity contribution in [2.75, 3.05) is 0 Å². The Hall–Kier alpha value is -4.78. The number of aromatic amines is 1. The Morgan fingerprint density at radius 3 is 2.06 bits per heavy atom. The van der Waals surface area contributed by atoms with Crippen LogP contribution in [0.4, 0.5) is 0 Å². The molecule has 33 heavy (non-hydrogen) atoms. The van der Waals surface area contributed by atoms with Crippen LogP contribution in [-0.2, 0) is 0 Å². The Labute approximate surface area is 187 Å². The molecule has 1 aromatic carbocycles. The summed E-state index contributed by atoms with van der Waals surface area (Å²) in [5.74, 6) is -0.590. The first-order valence-electron chi connectivity index (χ1n) is 10.4. The number of aromatic hydroxyl groups is 2. The molecular formula is C26H18N4O3. The Kier molecular flexibility index (Phi) is 4.10. The number of nitrogens with one attached hydrogen (secondary N) is 1. The van der Waals surface area contributed by atoms with Gasteiger partial charge in [0, 0.05) is 11.0 Å². The third kappa shape index (κ3) is 3.14. The van der Waals surface area contributed by atoms with Crippen LogP contribution in [0.2, 0.25) is 0 Å². The molecule has 0 unspecified atom stereocenters. The zero-order chi connectivity index (χ0) is 22.5. The van der Waals surface area contributed by atoms with Crippen molar-refractivity contribution in [3.05, 3.63) is 83.4 Å². The maximum atomic E-state index is 11.1. The number of benzene rings is 1. The molecule has 7 nitrogen and oxygen atoms in total. The summed E-state index contributed by atoms with van der Waals surface area (Å²) in [6.45, 7) is 0. The van der Waals surface area contributed by atoms with Crippen molar-refractivity contribution in [3.8, 4) is 22.6 Å². The lowest BCUT2D eigenvalue weighted by atomic mass is 10.1. The van der Waals surface area contributed by atoms with Gasteiger partial charge in [-0.15, -0.1) is 0 Å². The van der Waals surface area contributed by atoms with E-state index in [0.29, 0.717) is 22.5 Å². The molecule has 0 saturated heterocycles. The molecule has 8 bridgehead atoms. The van der Waals surface area contributed by atoms with E-state index in [0.717, 1.165) is 21.5 Å². The molecule has 2 aliphatic heterocycles. The minimum absolute atomic E-state index is 0.141. The lowest BCUT2D eigenvalue weighted by Gasteiger charge is -2.00. The Morgan fingerprint density at radius 2 is 1.33 bits per heavy atom. The molecule has 0 amide bonds. The molecule has 5 heterocycles. The van der Waals surface area contributed by atoms with Crippen LogP contribution >= 0.6 is 0 Å². The molecule has 0 fully saturated rings. The van der Waals surface area contributed by atoms with E-state index in [4.69, 9.17) is 0 Å². The van der Waals surface area contributed by atoms with Crippen LogP contribution in [0.1, 0.15) is 22.8 Å². The highest BCUT2D eigenvalue weighted by atomic mass is 16.5. The maximum absolute atomic E-state index is 11.1. The normalized spacial score (nSPS) is 12.4. The number of hydrogen-bond acceptors (Lipinski definition) is 5. The highest BCUT2D eigenvalue weighted by molar-refractivity contribution is 5.97. The summed E-state index contributed by atoms with van der Waals surface area (Å²) in [6, 6.07) is 18.5. The van der Waals surface area contributed by atoms with Gasteiger partial charge in [0.15, 0.2) is 17.0 Å². The van der Waals surface area contributed by atoms with E-state index >= 15 is 0 Å². The van der Waals surface area contributed by atoms with E-state index in [1.807, 2.05) is 66.7 Å². The SMILES string of the molecule is Oc1c2nc(cc3ccc(cc4nc(cc5c(-c6ccccc6)c(O)c1n5O)C=C4)[nH]3)C=C2. The number of fused-ring (bicyclic) bond motifs is 8. The molecule has 7 heteroatoms. The summed E-state index contributed by atoms with van der Waals surface area (Å²) in [4.78, 5) is 12.4. The van der Waals surface area contributed by atoms with Gasteiger partial charge in [-0.2, -0.15) is 4.73 Å². The van der Waals surface area contributed by atoms with Gasteiger partial charge in [0.25, 0.3) is 0 Å². The van der Waals surface area contributed by atoms with Gasteiger partial charge < -0.3 is 20.4 Å². The second-order valence-corrected chi connectivity index (χ2v) is 7.84. The second-order valence-electron chi connectivity index (χ2n) is 7.84. The van der Waals surface area contributed by atoms with Crippen LogP contribution in [-0.4, -0.2) is 35.1 Å². The molecule has 4 N–H and O–H groups in total. The van der Waals surface area contributed by atoms with E-state index in [-0.39, 0.29) is 28.2 Å². The third-order valence-corrected chi connectivity index (χ3v) is 5.65. The summed E-state index contributed by atoms with van der Waals surface area (Å²) in [7, 11) is 0. The Balaban J connectivity index is 1.80. The predicted octanol–water partition coefficient (Wildman–Crippen LogP) is 5.44. The zero-order valence-corrected chi connectivity index (χ0v) is 17.3. The van der Waals surface area contributed by atoms with Gasteiger partial charge in [0.2, 0.25) is 0 Å². The molecule has 0 saturated carbocycles. The number of hydrogen-bond donors (Lipinski definition) is 4. The van der Waals surface area contributed by atoms with Gasteiger partial charge in [-0.05, 0) is 60.2 Å². The average Bonchev–Trinajstić information content (AvgIpc) is 3.59. The number of H-pyrrole nitrogens is 1. The molecule has 0 spiro atoms. The summed E-state index contributed by atoms with van der Waals surface area (Å²) < 4.78 is 0.783. The minimum atomic E-state index is -0.338. The van der Waals surface area contributed by atoms with Gasteiger partial charge in [0.1, 0.15) is 5.69 Å². The van der Waals surface area contributed by atoms with E-state index in [9.17, 15) is 15.4 Å². The minimum Gasteiger partial charge on any atom is -0.505 e. The van der Waals surface area contributed by atoms with Crippen molar-refractivity contribution in [1.82, 2.24) is 19.7 Å². The second kappa shape index (κ2) is 7.13. The first kappa shape index (κ1) is 18.9. The fourth-order valence-electron chi connectivity index (χ4n) is 4.12. The summed E-state index contributed by atoms with van der Waals surface area (Å²) in [6.07, 6.45) is 7.09. The van der Waals surface area contributed by atoms with Crippen LogP contribution in [0.25, 0.3) is 57.5 Å². The molecule has 160 valence electrons. The molecule has 6 rings (SSSR count). The van der Waals surface area contributed by atoms with Crippen LogP contribution in [0.15, 0.2) is 60.7 Å². The van der Waals surface area contributed by atoms with Crippen LogP contribution < -0.4 is 0 Å². The third-order valence-electron chi connectivity index (χ3n) is 5.65. The van der Waals surface area contributed by atoms with E-state index < -0.39 is 0 Å². The molecule has 0 atom stereocenters. The fourth-order valence-corrected chi connectivity index (χ4v) is 4.12.